The number of nitrogens with zero attached hydrogens (tertiary/aromatic N) is 1. The molecule has 0 aliphatic carbocycles. The third kappa shape index (κ3) is 11.1. The maximum absolute atomic E-state index is 13.1. The minimum Gasteiger partial charge on any atom is -0.493 e. The predicted molar refractivity (Wildman–Crippen MR) is 162 cm³/mol. The van der Waals surface area contributed by atoms with E-state index < -0.39 is 12.1 Å². The molecule has 3 aromatic carbocycles. The first-order valence-corrected chi connectivity index (χ1v) is 14.3. The van der Waals surface area contributed by atoms with E-state index in [1.54, 1.807) is 72.5 Å². The van der Waals surface area contributed by atoms with Crippen molar-refractivity contribution in [2.45, 2.75) is 25.9 Å². The Bertz CT molecular complexity index is 1290. The SMILES string of the molecule is CCOC(Cc1ccc(OCCN(CCCOc2cc(Cl)cc(Cl)c2)C(=O)Nc2ccc(Cl)cc2Cl)cc1)C(=O)O. The molecule has 1 unspecified atom stereocenters. The molecule has 3 rings (SSSR count). The summed E-state index contributed by atoms with van der Waals surface area (Å²) >= 11 is 24.3. The van der Waals surface area contributed by atoms with E-state index in [4.69, 9.17) is 60.6 Å². The van der Waals surface area contributed by atoms with Crippen molar-refractivity contribution >= 4 is 64.1 Å². The van der Waals surface area contributed by atoms with Crippen LogP contribution in [0.15, 0.2) is 60.7 Å². The first kappa shape index (κ1) is 32.6. The van der Waals surface area contributed by atoms with E-state index in [0.29, 0.717) is 63.5 Å². The lowest BCUT2D eigenvalue weighted by molar-refractivity contribution is -0.149. The van der Waals surface area contributed by atoms with Crippen LogP contribution < -0.4 is 14.8 Å². The second-order valence-corrected chi connectivity index (χ2v) is 10.5. The van der Waals surface area contributed by atoms with Crippen molar-refractivity contribution in [2.75, 3.05) is 38.2 Å². The average Bonchev–Trinajstić information content (AvgIpc) is 2.91. The van der Waals surface area contributed by atoms with Crippen LogP contribution in [0.1, 0.15) is 18.9 Å². The molecule has 220 valence electrons. The largest absolute Gasteiger partial charge is 0.493 e. The van der Waals surface area contributed by atoms with Gasteiger partial charge in [0, 0.05) is 34.6 Å². The van der Waals surface area contributed by atoms with Crippen LogP contribution in [0.25, 0.3) is 0 Å². The molecule has 0 saturated heterocycles. The van der Waals surface area contributed by atoms with Crippen molar-refractivity contribution in [3.05, 3.63) is 86.3 Å². The summed E-state index contributed by atoms with van der Waals surface area (Å²) in [5.41, 5.74) is 1.24. The molecule has 0 radical (unpaired) electrons. The Morgan fingerprint density at radius 2 is 1.54 bits per heavy atom. The number of nitrogens with one attached hydrogen (secondary N) is 1. The number of anilines is 1. The smallest absolute Gasteiger partial charge is 0.333 e. The normalized spacial score (nSPS) is 11.5. The van der Waals surface area contributed by atoms with Gasteiger partial charge in [-0.25, -0.2) is 9.59 Å². The number of rotatable bonds is 15. The zero-order valence-electron chi connectivity index (χ0n) is 22.2. The topological polar surface area (TPSA) is 97.3 Å². The minimum absolute atomic E-state index is 0.211. The number of hydrogen-bond acceptors (Lipinski definition) is 5. The Hall–Kier alpha value is -2.88. The Kier molecular flexibility index (Phi) is 13.2. The zero-order valence-corrected chi connectivity index (χ0v) is 25.3. The summed E-state index contributed by atoms with van der Waals surface area (Å²) in [6, 6.07) is 16.5. The van der Waals surface area contributed by atoms with E-state index in [9.17, 15) is 14.7 Å². The molecule has 8 nitrogen and oxygen atoms in total. The van der Waals surface area contributed by atoms with E-state index in [1.165, 1.54) is 0 Å². The lowest BCUT2D eigenvalue weighted by Crippen LogP contribution is -2.39. The van der Waals surface area contributed by atoms with Gasteiger partial charge in [0.25, 0.3) is 0 Å². The number of carbonyl (C=O) groups excluding carboxylic acids is 1. The maximum Gasteiger partial charge on any atom is 0.333 e. The minimum atomic E-state index is -1.01. The third-order valence-corrected chi connectivity index (χ3v) is 6.74. The van der Waals surface area contributed by atoms with Crippen LogP contribution in [0.2, 0.25) is 20.1 Å². The van der Waals surface area contributed by atoms with Gasteiger partial charge in [-0.15, -0.1) is 0 Å². The summed E-state index contributed by atoms with van der Waals surface area (Å²) in [6.07, 6.45) is -0.146. The lowest BCUT2D eigenvalue weighted by atomic mass is 10.1. The number of carboxylic acids is 1. The van der Waals surface area contributed by atoms with Gasteiger partial charge in [0.05, 0.1) is 23.9 Å². The van der Waals surface area contributed by atoms with Gasteiger partial charge in [-0.2, -0.15) is 0 Å². The monoisotopic (exact) mass is 642 g/mol. The second kappa shape index (κ2) is 16.5. The van der Waals surface area contributed by atoms with E-state index in [0.717, 1.165) is 5.56 Å². The molecule has 0 fully saturated rings. The molecule has 1 atom stereocenters. The Labute approximate surface area is 259 Å². The van der Waals surface area contributed by atoms with Crippen LogP contribution in [-0.2, 0) is 16.0 Å². The van der Waals surface area contributed by atoms with Crippen LogP contribution in [0.3, 0.4) is 0 Å². The molecule has 0 heterocycles. The number of benzene rings is 3. The van der Waals surface area contributed by atoms with Gasteiger partial charge in [-0.05, 0) is 67.4 Å². The van der Waals surface area contributed by atoms with Crippen LogP contribution in [0.5, 0.6) is 11.5 Å². The van der Waals surface area contributed by atoms with Crippen LogP contribution in [-0.4, -0.2) is 61.0 Å². The Morgan fingerprint density at radius 3 is 2.17 bits per heavy atom. The molecule has 0 aliphatic heterocycles. The number of amides is 2. The highest BCUT2D eigenvalue weighted by Gasteiger charge is 2.18. The lowest BCUT2D eigenvalue weighted by Gasteiger charge is -2.24. The fourth-order valence-electron chi connectivity index (χ4n) is 3.79. The highest BCUT2D eigenvalue weighted by atomic mass is 35.5. The van der Waals surface area contributed by atoms with Gasteiger partial charge >= 0.3 is 12.0 Å². The number of ether oxygens (including phenoxy) is 3. The fraction of sp³-hybridized carbons (Fsp3) is 0.310. The van der Waals surface area contributed by atoms with E-state index >= 15 is 0 Å². The predicted octanol–water partition coefficient (Wildman–Crippen LogP) is 7.71. The van der Waals surface area contributed by atoms with Crippen LogP contribution >= 0.6 is 46.4 Å². The first-order chi connectivity index (χ1) is 19.6. The van der Waals surface area contributed by atoms with Crippen LogP contribution in [0, 0.1) is 0 Å². The summed E-state index contributed by atoms with van der Waals surface area (Å²) in [5.74, 6) is 0.112. The Morgan fingerprint density at radius 1 is 0.854 bits per heavy atom. The van der Waals surface area contributed by atoms with E-state index in [2.05, 4.69) is 5.32 Å². The van der Waals surface area contributed by atoms with E-state index in [-0.39, 0.29) is 25.6 Å². The summed E-state index contributed by atoms with van der Waals surface area (Å²) in [5, 5.41) is 13.8. The number of hydrogen-bond donors (Lipinski definition) is 2. The molecule has 2 amide bonds. The van der Waals surface area contributed by atoms with Gasteiger partial charge < -0.3 is 29.5 Å². The zero-order chi connectivity index (χ0) is 29.8. The molecule has 2 N–H and O–H groups in total. The van der Waals surface area contributed by atoms with Gasteiger partial charge in [-0.3, -0.25) is 0 Å². The first-order valence-electron chi connectivity index (χ1n) is 12.8. The Balaban J connectivity index is 1.58. The molecular formula is C29H30Cl4N2O6. The fourth-order valence-corrected chi connectivity index (χ4v) is 4.75. The van der Waals surface area contributed by atoms with Gasteiger partial charge in [-0.1, -0.05) is 58.5 Å². The summed E-state index contributed by atoms with van der Waals surface area (Å²) in [6.45, 7) is 3.23. The van der Waals surface area contributed by atoms with E-state index in [1.807, 2.05) is 0 Å². The maximum atomic E-state index is 13.1. The molecule has 41 heavy (non-hydrogen) atoms. The molecule has 12 heteroatoms. The number of urea groups is 1. The standard InChI is InChI=1S/C29H30Cl4N2O6/c1-2-39-27(28(36)37)14-19-4-7-23(8-5-19)41-13-11-35(29(38)34-26-9-6-20(30)18-25(26)33)10-3-12-40-24-16-21(31)15-22(32)17-24/h4-9,15-18,27H,2-3,10-14H2,1H3,(H,34,38)(H,36,37). The van der Waals surface area contributed by atoms with Crippen molar-refractivity contribution in [1.29, 1.82) is 0 Å². The number of carbonyl (C=O) groups is 2. The highest BCUT2D eigenvalue weighted by molar-refractivity contribution is 6.36. The molecule has 0 bridgehead atoms. The molecule has 0 aromatic heterocycles. The van der Waals surface area contributed by atoms with Gasteiger partial charge in [0.2, 0.25) is 0 Å². The summed E-state index contributed by atoms with van der Waals surface area (Å²) < 4.78 is 16.9. The van der Waals surface area contributed by atoms with Crippen molar-refractivity contribution in [3.63, 3.8) is 0 Å². The quantitative estimate of drug-likeness (QED) is 0.165. The molecule has 0 saturated carbocycles. The average molecular weight is 644 g/mol. The number of halogens is 4. The summed E-state index contributed by atoms with van der Waals surface area (Å²) in [4.78, 5) is 26.1. The number of carboxylic acid groups (broad SMARTS) is 1. The third-order valence-electron chi connectivity index (χ3n) is 5.75. The van der Waals surface area contributed by atoms with Crippen LogP contribution in [0.4, 0.5) is 10.5 Å². The molecule has 0 aliphatic rings. The van der Waals surface area contributed by atoms with Crippen molar-refractivity contribution < 1.29 is 28.9 Å². The highest BCUT2D eigenvalue weighted by Crippen LogP contribution is 2.26. The van der Waals surface area contributed by atoms with Gasteiger partial charge in [0.15, 0.2) is 6.10 Å². The second-order valence-electron chi connectivity index (χ2n) is 8.83. The van der Waals surface area contributed by atoms with Gasteiger partial charge in [0.1, 0.15) is 18.1 Å². The molecular weight excluding hydrogens is 614 g/mol. The number of aliphatic carboxylic acids is 1. The van der Waals surface area contributed by atoms with Crippen molar-refractivity contribution in [2.24, 2.45) is 0 Å². The van der Waals surface area contributed by atoms with Crippen molar-refractivity contribution in [3.8, 4) is 11.5 Å². The summed E-state index contributed by atoms with van der Waals surface area (Å²) in [7, 11) is 0. The molecule has 0 spiro atoms. The molecule has 3 aromatic rings. The van der Waals surface area contributed by atoms with Crippen molar-refractivity contribution in [1.82, 2.24) is 4.90 Å².